The van der Waals surface area contributed by atoms with Gasteiger partial charge < -0.3 is 10.4 Å². The smallest absolute Gasteiger partial charge is 0.0580 e. The molecule has 2 N–H and O–H groups in total. The fraction of sp³-hybridized carbons (Fsp3) is 0.684. The molecule has 118 valence electrons. The summed E-state index contributed by atoms with van der Waals surface area (Å²) in [7, 11) is 0. The van der Waals surface area contributed by atoms with E-state index in [9.17, 15) is 5.11 Å². The number of rotatable bonds is 7. The molecule has 1 aromatic carbocycles. The van der Waals surface area contributed by atoms with Crippen LogP contribution in [0.15, 0.2) is 24.3 Å². The third-order valence-electron chi connectivity index (χ3n) is 4.85. The maximum Gasteiger partial charge on any atom is 0.0580 e. The van der Waals surface area contributed by atoms with Crippen LogP contribution in [0.25, 0.3) is 0 Å². The summed E-state index contributed by atoms with van der Waals surface area (Å²) in [6, 6.07) is 9.39. The number of aryl methyl sites for hydroxylation is 1. The van der Waals surface area contributed by atoms with Gasteiger partial charge in [0.1, 0.15) is 0 Å². The van der Waals surface area contributed by atoms with Crippen molar-refractivity contribution >= 4 is 0 Å². The Balaban J connectivity index is 1.80. The van der Waals surface area contributed by atoms with Gasteiger partial charge in [-0.3, -0.25) is 0 Å². The van der Waals surface area contributed by atoms with Crippen molar-refractivity contribution in [3.63, 3.8) is 0 Å². The van der Waals surface area contributed by atoms with Crippen molar-refractivity contribution in [3.8, 4) is 0 Å². The number of hydrogen-bond donors (Lipinski definition) is 2. The van der Waals surface area contributed by atoms with Crippen LogP contribution < -0.4 is 5.32 Å². The lowest BCUT2D eigenvalue weighted by Gasteiger charge is -2.29. The summed E-state index contributed by atoms with van der Waals surface area (Å²) >= 11 is 0. The molecule has 1 aliphatic rings. The molecule has 0 aliphatic heterocycles. The van der Waals surface area contributed by atoms with E-state index in [0.29, 0.717) is 12.0 Å². The van der Waals surface area contributed by atoms with Crippen LogP contribution in [-0.4, -0.2) is 17.8 Å². The first-order valence-corrected chi connectivity index (χ1v) is 8.71. The number of aliphatic hydroxyl groups excluding tert-OH is 1. The number of unbranched alkanes of at least 4 members (excludes halogenated alkanes) is 1. The minimum Gasteiger partial charge on any atom is -0.393 e. The van der Waals surface area contributed by atoms with E-state index in [2.05, 4.69) is 43.4 Å². The van der Waals surface area contributed by atoms with Crippen molar-refractivity contribution in [1.82, 2.24) is 5.32 Å². The molecule has 3 unspecified atom stereocenters. The van der Waals surface area contributed by atoms with Gasteiger partial charge in [-0.05, 0) is 49.7 Å². The first kappa shape index (κ1) is 16.5. The van der Waals surface area contributed by atoms with Gasteiger partial charge in [-0.15, -0.1) is 0 Å². The van der Waals surface area contributed by atoms with Gasteiger partial charge in [0.25, 0.3) is 0 Å². The normalized spacial score (nSPS) is 24.0. The Morgan fingerprint density at radius 3 is 2.57 bits per heavy atom. The lowest BCUT2D eigenvalue weighted by molar-refractivity contribution is 0.0684. The summed E-state index contributed by atoms with van der Waals surface area (Å²) in [5, 5.41) is 13.6. The number of nitrogens with one attached hydrogen (secondary N) is 1. The molecule has 0 amide bonds. The molecule has 2 heteroatoms. The first-order valence-electron chi connectivity index (χ1n) is 8.71. The molecule has 1 aromatic rings. The summed E-state index contributed by atoms with van der Waals surface area (Å²) in [4.78, 5) is 0. The standard InChI is InChI=1S/C19H31NO/c1-3-4-7-16-10-12-17(13-11-16)15(2)20-14-18-8-5-6-9-19(18)21/h10-13,15,18-21H,3-9,14H2,1-2H3. The van der Waals surface area contributed by atoms with Crippen molar-refractivity contribution in [2.75, 3.05) is 6.54 Å². The Morgan fingerprint density at radius 2 is 1.90 bits per heavy atom. The van der Waals surface area contributed by atoms with Gasteiger partial charge in [0.15, 0.2) is 0 Å². The van der Waals surface area contributed by atoms with E-state index < -0.39 is 0 Å². The van der Waals surface area contributed by atoms with Crippen molar-refractivity contribution in [2.24, 2.45) is 5.92 Å². The molecule has 1 fully saturated rings. The third-order valence-corrected chi connectivity index (χ3v) is 4.85. The number of benzene rings is 1. The Bertz CT molecular complexity index is 401. The Hall–Kier alpha value is -0.860. The van der Waals surface area contributed by atoms with Crippen molar-refractivity contribution < 1.29 is 5.11 Å². The van der Waals surface area contributed by atoms with Crippen LogP contribution in [0.3, 0.4) is 0 Å². The highest BCUT2D eigenvalue weighted by molar-refractivity contribution is 5.24. The molecule has 1 aliphatic carbocycles. The van der Waals surface area contributed by atoms with E-state index >= 15 is 0 Å². The van der Waals surface area contributed by atoms with Gasteiger partial charge in [0.2, 0.25) is 0 Å². The molecule has 0 spiro atoms. The van der Waals surface area contributed by atoms with E-state index in [1.165, 1.54) is 43.2 Å². The van der Waals surface area contributed by atoms with Crippen LogP contribution in [0, 0.1) is 5.92 Å². The SMILES string of the molecule is CCCCc1ccc(C(C)NCC2CCCCC2O)cc1. The van der Waals surface area contributed by atoms with Crippen molar-refractivity contribution in [1.29, 1.82) is 0 Å². The van der Waals surface area contributed by atoms with Crippen LogP contribution >= 0.6 is 0 Å². The zero-order valence-corrected chi connectivity index (χ0v) is 13.6. The van der Waals surface area contributed by atoms with Crippen LogP contribution in [-0.2, 0) is 6.42 Å². The average Bonchev–Trinajstić information content (AvgIpc) is 2.52. The zero-order chi connectivity index (χ0) is 15.1. The third kappa shape index (κ3) is 5.12. The van der Waals surface area contributed by atoms with E-state index in [0.717, 1.165) is 19.4 Å². The van der Waals surface area contributed by atoms with E-state index in [1.54, 1.807) is 0 Å². The van der Waals surface area contributed by atoms with Gasteiger partial charge in [-0.2, -0.15) is 0 Å². The highest BCUT2D eigenvalue weighted by atomic mass is 16.3. The average molecular weight is 289 g/mol. The molecule has 3 atom stereocenters. The monoisotopic (exact) mass is 289 g/mol. The molecule has 0 saturated heterocycles. The summed E-state index contributed by atoms with van der Waals surface area (Å²) in [6.07, 6.45) is 8.21. The summed E-state index contributed by atoms with van der Waals surface area (Å²) in [5.74, 6) is 0.435. The fourth-order valence-electron chi connectivity index (χ4n) is 3.23. The van der Waals surface area contributed by atoms with E-state index in [1.807, 2.05) is 0 Å². The molecular formula is C19H31NO. The van der Waals surface area contributed by atoms with Gasteiger partial charge in [0.05, 0.1) is 6.10 Å². The summed E-state index contributed by atoms with van der Waals surface area (Å²) in [6.45, 7) is 5.39. The van der Waals surface area contributed by atoms with Gasteiger partial charge in [0, 0.05) is 12.6 Å². The lowest BCUT2D eigenvalue weighted by atomic mass is 9.86. The first-order chi connectivity index (χ1) is 10.2. The van der Waals surface area contributed by atoms with Gasteiger partial charge in [-0.25, -0.2) is 0 Å². The fourth-order valence-corrected chi connectivity index (χ4v) is 3.23. The molecular weight excluding hydrogens is 258 g/mol. The van der Waals surface area contributed by atoms with E-state index in [-0.39, 0.29) is 6.10 Å². The molecule has 2 rings (SSSR count). The zero-order valence-electron chi connectivity index (χ0n) is 13.6. The largest absolute Gasteiger partial charge is 0.393 e. The molecule has 1 saturated carbocycles. The Kier molecular flexibility index (Phi) is 6.72. The maximum absolute atomic E-state index is 10.0. The van der Waals surface area contributed by atoms with Gasteiger partial charge >= 0.3 is 0 Å². The summed E-state index contributed by atoms with van der Waals surface area (Å²) < 4.78 is 0. The topological polar surface area (TPSA) is 32.3 Å². The predicted octanol–water partition coefficient (Wildman–Crippen LogP) is 4.23. The summed E-state index contributed by atoms with van der Waals surface area (Å²) in [5.41, 5.74) is 2.79. The quantitative estimate of drug-likeness (QED) is 0.787. The second kappa shape index (κ2) is 8.55. The second-order valence-corrected chi connectivity index (χ2v) is 6.59. The minimum atomic E-state index is -0.102. The minimum absolute atomic E-state index is 0.102. The van der Waals surface area contributed by atoms with Gasteiger partial charge in [-0.1, -0.05) is 50.5 Å². The number of aliphatic hydroxyl groups is 1. The lowest BCUT2D eigenvalue weighted by Crippen LogP contribution is -2.34. The highest BCUT2D eigenvalue weighted by Crippen LogP contribution is 2.24. The van der Waals surface area contributed by atoms with Crippen LogP contribution in [0.5, 0.6) is 0 Å². The molecule has 2 nitrogen and oxygen atoms in total. The van der Waals surface area contributed by atoms with Crippen LogP contribution in [0.2, 0.25) is 0 Å². The maximum atomic E-state index is 10.0. The molecule has 21 heavy (non-hydrogen) atoms. The Morgan fingerprint density at radius 1 is 1.19 bits per heavy atom. The molecule has 0 radical (unpaired) electrons. The van der Waals surface area contributed by atoms with Crippen molar-refractivity contribution in [2.45, 2.75) is 70.9 Å². The number of hydrogen-bond acceptors (Lipinski definition) is 2. The van der Waals surface area contributed by atoms with Crippen molar-refractivity contribution in [3.05, 3.63) is 35.4 Å². The second-order valence-electron chi connectivity index (χ2n) is 6.59. The van der Waals surface area contributed by atoms with Crippen LogP contribution in [0.1, 0.15) is 69.5 Å². The predicted molar refractivity (Wildman–Crippen MR) is 89.4 cm³/mol. The molecule has 0 aromatic heterocycles. The van der Waals surface area contributed by atoms with Crippen LogP contribution in [0.4, 0.5) is 0 Å². The highest BCUT2D eigenvalue weighted by Gasteiger charge is 2.23. The molecule has 0 heterocycles. The molecule has 0 bridgehead atoms. The Labute approximate surface area is 130 Å². The van der Waals surface area contributed by atoms with E-state index in [4.69, 9.17) is 0 Å².